The lowest BCUT2D eigenvalue weighted by molar-refractivity contribution is 0.0564. The molecule has 4 rings (SSSR count). The number of benzene rings is 2. The van der Waals surface area contributed by atoms with E-state index in [1.54, 1.807) is 24.3 Å². The Kier molecular flexibility index (Phi) is 6.32. The number of thioether (sulfide) groups is 1. The van der Waals surface area contributed by atoms with Gasteiger partial charge < -0.3 is 13.9 Å². The smallest absolute Gasteiger partial charge is 0.374 e. The molecule has 2 aromatic carbocycles. The molecule has 0 saturated carbocycles. The number of nitrogens with zero attached hydrogens (tertiary/aromatic N) is 3. The standard InChI is InChI=1S/C22H18FN3O4S/c1-28-21(27)20-15(11-12-29-20)14-31-22-25-24-19(26(22)16-7-3-2-4-8-16)13-30-18-10-6-5-9-17(18)23/h2-12H,13-14H2,1H3. The minimum absolute atomic E-state index is 0.0303. The van der Waals surface area contributed by atoms with Gasteiger partial charge in [-0.05, 0) is 30.3 Å². The van der Waals surface area contributed by atoms with Crippen LogP contribution in [-0.2, 0) is 17.1 Å². The summed E-state index contributed by atoms with van der Waals surface area (Å²) in [7, 11) is 1.30. The van der Waals surface area contributed by atoms with E-state index >= 15 is 0 Å². The Balaban J connectivity index is 1.59. The van der Waals surface area contributed by atoms with Gasteiger partial charge in [0.05, 0.1) is 13.4 Å². The summed E-state index contributed by atoms with van der Waals surface area (Å²) >= 11 is 1.38. The highest BCUT2D eigenvalue weighted by atomic mass is 32.2. The first-order valence-corrected chi connectivity index (χ1v) is 10.3. The third kappa shape index (κ3) is 4.61. The van der Waals surface area contributed by atoms with Crippen molar-refractivity contribution in [3.63, 3.8) is 0 Å². The van der Waals surface area contributed by atoms with Gasteiger partial charge in [-0.25, -0.2) is 9.18 Å². The van der Waals surface area contributed by atoms with Crippen LogP contribution in [0, 0.1) is 5.82 Å². The summed E-state index contributed by atoms with van der Waals surface area (Å²) in [6, 6.07) is 17.4. The lowest BCUT2D eigenvalue weighted by Gasteiger charge is -2.11. The summed E-state index contributed by atoms with van der Waals surface area (Å²) in [5, 5.41) is 9.11. The number of rotatable bonds is 8. The first kappa shape index (κ1) is 20.7. The maximum Gasteiger partial charge on any atom is 0.374 e. The van der Waals surface area contributed by atoms with E-state index in [1.165, 1.54) is 31.2 Å². The lowest BCUT2D eigenvalue weighted by atomic mass is 10.3. The molecular weight excluding hydrogens is 421 g/mol. The van der Waals surface area contributed by atoms with Crippen LogP contribution in [0.15, 0.2) is 76.5 Å². The predicted octanol–water partition coefficient (Wildman–Crippen LogP) is 4.66. The number of halogens is 1. The molecule has 2 aromatic heterocycles. The van der Waals surface area contributed by atoms with Gasteiger partial charge in [0, 0.05) is 17.0 Å². The molecule has 0 bridgehead atoms. The molecule has 0 saturated heterocycles. The first-order chi connectivity index (χ1) is 15.2. The van der Waals surface area contributed by atoms with Crippen LogP contribution >= 0.6 is 11.8 Å². The summed E-state index contributed by atoms with van der Waals surface area (Å²) in [6.45, 7) is 0.0303. The Hall–Kier alpha value is -3.59. The van der Waals surface area contributed by atoms with E-state index in [0.717, 1.165) is 5.69 Å². The zero-order chi connectivity index (χ0) is 21.6. The summed E-state index contributed by atoms with van der Waals surface area (Å²) < 4.78 is 31.4. The molecule has 31 heavy (non-hydrogen) atoms. The van der Waals surface area contributed by atoms with E-state index in [9.17, 15) is 9.18 Å². The van der Waals surface area contributed by atoms with Gasteiger partial charge in [-0.1, -0.05) is 42.1 Å². The average Bonchev–Trinajstić information content (AvgIpc) is 3.44. The van der Waals surface area contributed by atoms with E-state index in [4.69, 9.17) is 13.9 Å². The zero-order valence-electron chi connectivity index (χ0n) is 16.5. The molecule has 0 aliphatic carbocycles. The van der Waals surface area contributed by atoms with Crippen molar-refractivity contribution in [3.8, 4) is 11.4 Å². The number of carbonyl (C=O) groups excluding carboxylic acids is 1. The zero-order valence-corrected chi connectivity index (χ0v) is 17.3. The predicted molar refractivity (Wildman–Crippen MR) is 112 cm³/mol. The molecule has 2 heterocycles. The van der Waals surface area contributed by atoms with Crippen molar-refractivity contribution < 1.29 is 23.1 Å². The molecule has 0 N–H and O–H groups in total. The Labute approximate surface area is 181 Å². The third-order valence-electron chi connectivity index (χ3n) is 4.38. The van der Waals surface area contributed by atoms with Gasteiger partial charge in [0.15, 0.2) is 22.5 Å². The van der Waals surface area contributed by atoms with Gasteiger partial charge >= 0.3 is 5.97 Å². The van der Waals surface area contributed by atoms with Crippen LogP contribution in [-0.4, -0.2) is 27.8 Å². The number of aromatic nitrogens is 3. The Morgan fingerprint density at radius 2 is 1.87 bits per heavy atom. The second-order valence-electron chi connectivity index (χ2n) is 6.34. The minimum atomic E-state index is -0.538. The highest BCUT2D eigenvalue weighted by molar-refractivity contribution is 7.98. The van der Waals surface area contributed by atoms with Crippen molar-refractivity contribution in [2.45, 2.75) is 17.5 Å². The fraction of sp³-hybridized carbons (Fsp3) is 0.136. The summed E-state index contributed by atoms with van der Waals surface area (Å²) in [4.78, 5) is 11.8. The molecule has 158 valence electrons. The second-order valence-corrected chi connectivity index (χ2v) is 7.29. The van der Waals surface area contributed by atoms with Gasteiger partial charge in [-0.15, -0.1) is 10.2 Å². The van der Waals surface area contributed by atoms with Gasteiger partial charge in [-0.2, -0.15) is 0 Å². The normalized spacial score (nSPS) is 10.8. The Morgan fingerprint density at radius 1 is 1.10 bits per heavy atom. The summed E-state index contributed by atoms with van der Waals surface area (Å²) in [5.74, 6) is 0.240. The number of furan rings is 1. The van der Waals surface area contributed by atoms with Gasteiger partial charge in [0.25, 0.3) is 0 Å². The monoisotopic (exact) mass is 439 g/mol. The molecule has 0 spiro atoms. The van der Waals surface area contributed by atoms with Crippen LogP contribution in [0.3, 0.4) is 0 Å². The first-order valence-electron chi connectivity index (χ1n) is 9.32. The second kappa shape index (κ2) is 9.48. The highest BCUT2D eigenvalue weighted by Crippen LogP contribution is 2.28. The molecule has 7 nitrogen and oxygen atoms in total. The Morgan fingerprint density at radius 3 is 2.65 bits per heavy atom. The maximum atomic E-state index is 13.9. The van der Waals surface area contributed by atoms with Crippen molar-refractivity contribution in [1.29, 1.82) is 0 Å². The van der Waals surface area contributed by atoms with Crippen LogP contribution in [0.2, 0.25) is 0 Å². The molecule has 0 aliphatic rings. The molecule has 0 aliphatic heterocycles. The lowest BCUT2D eigenvalue weighted by Crippen LogP contribution is -2.07. The number of esters is 1. The number of ether oxygens (including phenoxy) is 2. The molecule has 0 fully saturated rings. The maximum absolute atomic E-state index is 13.9. The van der Waals surface area contributed by atoms with Crippen LogP contribution in [0.4, 0.5) is 4.39 Å². The highest BCUT2D eigenvalue weighted by Gasteiger charge is 2.19. The number of para-hydroxylation sites is 2. The quantitative estimate of drug-likeness (QED) is 0.292. The van der Waals surface area contributed by atoms with Gasteiger partial charge in [0.1, 0.15) is 6.61 Å². The largest absolute Gasteiger partial charge is 0.483 e. The Bertz CT molecular complexity index is 1180. The van der Waals surface area contributed by atoms with Crippen LogP contribution in [0.1, 0.15) is 21.9 Å². The van der Waals surface area contributed by atoms with Crippen molar-refractivity contribution in [2.75, 3.05) is 7.11 Å². The van der Waals surface area contributed by atoms with E-state index in [-0.39, 0.29) is 18.1 Å². The molecular formula is C22H18FN3O4S. The fourth-order valence-electron chi connectivity index (χ4n) is 2.89. The molecule has 0 amide bonds. The van der Waals surface area contributed by atoms with E-state index in [0.29, 0.717) is 22.3 Å². The number of hydrogen-bond donors (Lipinski definition) is 0. The third-order valence-corrected chi connectivity index (χ3v) is 5.36. The van der Waals surface area contributed by atoms with Crippen molar-refractivity contribution >= 4 is 17.7 Å². The number of carbonyl (C=O) groups is 1. The van der Waals surface area contributed by atoms with E-state index < -0.39 is 11.8 Å². The molecule has 9 heteroatoms. The summed E-state index contributed by atoms with van der Waals surface area (Å²) in [6.07, 6.45) is 1.44. The molecule has 0 atom stereocenters. The molecule has 0 radical (unpaired) electrons. The number of hydrogen-bond acceptors (Lipinski definition) is 7. The van der Waals surface area contributed by atoms with Crippen LogP contribution < -0.4 is 4.74 Å². The molecule has 4 aromatic rings. The van der Waals surface area contributed by atoms with Crippen molar-refractivity contribution in [3.05, 3.63) is 89.9 Å². The van der Waals surface area contributed by atoms with Crippen LogP contribution in [0.25, 0.3) is 5.69 Å². The average molecular weight is 439 g/mol. The van der Waals surface area contributed by atoms with Gasteiger partial charge in [0.2, 0.25) is 5.76 Å². The summed E-state index contributed by atoms with van der Waals surface area (Å²) in [5.41, 5.74) is 1.52. The van der Waals surface area contributed by atoms with Crippen LogP contribution in [0.5, 0.6) is 5.75 Å². The van der Waals surface area contributed by atoms with E-state index in [1.807, 2.05) is 34.9 Å². The van der Waals surface area contributed by atoms with Crippen molar-refractivity contribution in [1.82, 2.24) is 14.8 Å². The van der Waals surface area contributed by atoms with E-state index in [2.05, 4.69) is 10.2 Å². The van der Waals surface area contributed by atoms with Gasteiger partial charge in [-0.3, -0.25) is 4.57 Å². The number of methoxy groups -OCH3 is 1. The minimum Gasteiger partial charge on any atom is -0.483 e. The molecule has 0 unspecified atom stereocenters. The topological polar surface area (TPSA) is 79.4 Å². The SMILES string of the molecule is COC(=O)c1occc1CSc1nnc(COc2ccccc2F)n1-c1ccccc1. The fourth-order valence-corrected chi connectivity index (χ4v) is 3.84. The van der Waals surface area contributed by atoms with Crippen molar-refractivity contribution in [2.24, 2.45) is 0 Å².